The Bertz CT molecular complexity index is 526. The Hall–Kier alpha value is -0.980. The molecule has 0 aromatic carbocycles. The Morgan fingerprint density at radius 2 is 2.17 bits per heavy atom. The summed E-state index contributed by atoms with van der Waals surface area (Å²) in [4.78, 5) is 19.2. The van der Waals surface area contributed by atoms with Gasteiger partial charge in [-0.05, 0) is 32.6 Å². The molecule has 5 nitrogen and oxygen atoms in total. The van der Waals surface area contributed by atoms with Crippen LogP contribution in [0.2, 0.25) is 0 Å². The highest BCUT2D eigenvalue weighted by Crippen LogP contribution is 2.28. The second kappa shape index (κ2) is 7.93. The average molecular weight is 353 g/mol. The van der Waals surface area contributed by atoms with Crippen molar-refractivity contribution in [3.05, 3.63) is 16.6 Å². The lowest BCUT2D eigenvalue weighted by Gasteiger charge is -2.28. The minimum Gasteiger partial charge on any atom is -0.348 e. The van der Waals surface area contributed by atoms with Crippen molar-refractivity contribution in [2.45, 2.75) is 70.8 Å². The molecule has 0 N–H and O–H groups in total. The van der Waals surface area contributed by atoms with Gasteiger partial charge in [-0.25, -0.2) is 4.98 Å². The van der Waals surface area contributed by atoms with Gasteiger partial charge in [0.05, 0.1) is 13.2 Å². The van der Waals surface area contributed by atoms with E-state index in [0.29, 0.717) is 32.0 Å². The summed E-state index contributed by atoms with van der Waals surface area (Å²) in [6.07, 6.45) is 8.60. The molecule has 0 unspecified atom stereocenters. The number of rotatable bonds is 6. The second-order valence-corrected chi connectivity index (χ2v) is 8.34. The monoisotopic (exact) mass is 352 g/mol. The molecule has 1 aliphatic carbocycles. The summed E-state index contributed by atoms with van der Waals surface area (Å²) in [6.45, 7) is 5.53. The van der Waals surface area contributed by atoms with E-state index in [4.69, 9.17) is 9.47 Å². The van der Waals surface area contributed by atoms with Crippen LogP contribution in [-0.2, 0) is 20.8 Å². The predicted octanol–water partition coefficient (Wildman–Crippen LogP) is 3.59. The summed E-state index contributed by atoms with van der Waals surface area (Å²) in [5.41, 5.74) is 0. The van der Waals surface area contributed by atoms with E-state index < -0.39 is 5.79 Å². The van der Waals surface area contributed by atoms with E-state index in [9.17, 15) is 4.79 Å². The molecule has 2 fully saturated rings. The summed E-state index contributed by atoms with van der Waals surface area (Å²) in [5.74, 6) is 0.219. The third-order valence-electron chi connectivity index (χ3n) is 4.84. The van der Waals surface area contributed by atoms with E-state index >= 15 is 0 Å². The summed E-state index contributed by atoms with van der Waals surface area (Å²) < 4.78 is 11.6. The van der Waals surface area contributed by atoms with Crippen LogP contribution < -0.4 is 0 Å². The smallest absolute Gasteiger partial charge is 0.223 e. The summed E-state index contributed by atoms with van der Waals surface area (Å²) in [7, 11) is 0. The molecule has 0 spiro atoms. The first-order chi connectivity index (χ1) is 11.5. The number of aromatic nitrogens is 1. The third-order valence-corrected chi connectivity index (χ3v) is 5.61. The maximum absolute atomic E-state index is 12.9. The zero-order valence-corrected chi connectivity index (χ0v) is 15.5. The normalized spacial score (nSPS) is 24.2. The van der Waals surface area contributed by atoms with Crippen LogP contribution in [0, 0.1) is 5.92 Å². The summed E-state index contributed by atoms with van der Waals surface area (Å²) in [5, 5.41) is 2.93. The van der Waals surface area contributed by atoms with Gasteiger partial charge in [0.25, 0.3) is 0 Å². The predicted molar refractivity (Wildman–Crippen MR) is 93.6 cm³/mol. The number of thiazole rings is 1. The van der Waals surface area contributed by atoms with E-state index in [1.807, 2.05) is 24.1 Å². The number of amides is 1. The molecular formula is C18H28N2O3S. The van der Waals surface area contributed by atoms with Crippen molar-refractivity contribution >= 4 is 17.2 Å². The lowest BCUT2D eigenvalue weighted by molar-refractivity contribution is -0.147. The minimum absolute atomic E-state index is 0.0599. The van der Waals surface area contributed by atoms with Crippen molar-refractivity contribution in [2.24, 2.45) is 5.92 Å². The average Bonchev–Trinajstić information content (AvgIpc) is 3.17. The zero-order chi connectivity index (χ0) is 17.0. The van der Waals surface area contributed by atoms with Crippen LogP contribution >= 0.6 is 11.3 Å². The molecule has 1 amide bonds. The second-order valence-electron chi connectivity index (χ2n) is 7.36. The van der Waals surface area contributed by atoms with E-state index in [0.717, 1.165) is 5.01 Å². The number of carbonyl (C=O) groups is 1. The van der Waals surface area contributed by atoms with Crippen LogP contribution in [0.25, 0.3) is 0 Å². The number of ether oxygens (including phenoxy) is 2. The van der Waals surface area contributed by atoms with Crippen LogP contribution in [0.15, 0.2) is 11.6 Å². The Labute approximate surface area is 148 Å². The van der Waals surface area contributed by atoms with Crippen molar-refractivity contribution in [1.29, 1.82) is 0 Å². The molecule has 1 aromatic rings. The van der Waals surface area contributed by atoms with Gasteiger partial charge in [-0.15, -0.1) is 11.3 Å². The van der Waals surface area contributed by atoms with Crippen molar-refractivity contribution in [1.82, 2.24) is 9.88 Å². The first-order valence-corrected chi connectivity index (χ1v) is 9.88. The third kappa shape index (κ3) is 5.01. The van der Waals surface area contributed by atoms with Crippen LogP contribution in [0.1, 0.15) is 57.4 Å². The van der Waals surface area contributed by atoms with Crippen LogP contribution in [0.4, 0.5) is 0 Å². The fourth-order valence-corrected chi connectivity index (χ4v) is 4.25. The topological polar surface area (TPSA) is 51.7 Å². The van der Waals surface area contributed by atoms with Crippen LogP contribution in [-0.4, -0.2) is 40.8 Å². The quantitative estimate of drug-likeness (QED) is 0.785. The van der Waals surface area contributed by atoms with Gasteiger partial charge in [-0.1, -0.05) is 19.3 Å². The van der Waals surface area contributed by atoms with Crippen LogP contribution in [0.3, 0.4) is 0 Å². The fourth-order valence-electron chi connectivity index (χ4n) is 3.62. The van der Waals surface area contributed by atoms with Crippen molar-refractivity contribution in [3.8, 4) is 0 Å². The molecule has 1 saturated carbocycles. The van der Waals surface area contributed by atoms with Gasteiger partial charge in [0.15, 0.2) is 5.79 Å². The molecule has 0 radical (unpaired) electrons. The Morgan fingerprint density at radius 1 is 1.38 bits per heavy atom. The molecule has 1 saturated heterocycles. The van der Waals surface area contributed by atoms with Gasteiger partial charge >= 0.3 is 0 Å². The molecular weight excluding hydrogens is 324 g/mol. The number of hydrogen-bond donors (Lipinski definition) is 0. The lowest BCUT2D eigenvalue weighted by atomic mass is 9.86. The minimum atomic E-state index is -0.552. The molecule has 3 rings (SSSR count). The van der Waals surface area contributed by atoms with Crippen molar-refractivity contribution in [2.75, 3.05) is 13.2 Å². The summed E-state index contributed by atoms with van der Waals surface area (Å²) in [6, 6.07) is 0. The highest BCUT2D eigenvalue weighted by molar-refractivity contribution is 7.09. The molecule has 134 valence electrons. The highest BCUT2D eigenvalue weighted by atomic mass is 32.1. The maximum atomic E-state index is 12.9. The maximum Gasteiger partial charge on any atom is 0.223 e. The Balaban J connectivity index is 1.61. The number of carbonyl (C=O) groups excluding carboxylic acids is 1. The first kappa shape index (κ1) is 17.8. The molecule has 0 bridgehead atoms. The van der Waals surface area contributed by atoms with Crippen LogP contribution in [0.5, 0.6) is 0 Å². The van der Waals surface area contributed by atoms with Gasteiger partial charge in [-0.3, -0.25) is 4.79 Å². The van der Waals surface area contributed by atoms with Gasteiger partial charge in [0.2, 0.25) is 5.91 Å². The highest BCUT2D eigenvalue weighted by Gasteiger charge is 2.35. The molecule has 1 aromatic heterocycles. The Kier molecular flexibility index (Phi) is 5.89. The molecule has 6 heteroatoms. The zero-order valence-electron chi connectivity index (χ0n) is 14.7. The summed E-state index contributed by atoms with van der Waals surface area (Å²) >= 11 is 1.60. The van der Waals surface area contributed by atoms with Gasteiger partial charge in [0, 0.05) is 24.5 Å². The van der Waals surface area contributed by atoms with E-state index in [1.165, 1.54) is 32.1 Å². The molecule has 2 heterocycles. The Morgan fingerprint density at radius 3 is 2.79 bits per heavy atom. The number of nitrogens with zero attached hydrogens (tertiary/aromatic N) is 2. The first-order valence-electron chi connectivity index (χ1n) is 9.00. The number of hydrogen-bond acceptors (Lipinski definition) is 5. The fraction of sp³-hybridized carbons (Fsp3) is 0.778. The van der Waals surface area contributed by atoms with Crippen molar-refractivity contribution < 1.29 is 14.3 Å². The molecule has 1 aliphatic heterocycles. The largest absolute Gasteiger partial charge is 0.348 e. The standard InChI is InChI=1S/C18H28N2O3S/c1-18(2)22-13-15(23-18)11-20(12-16-19-8-9-24-16)17(21)10-14-6-4-3-5-7-14/h8-9,14-15H,3-7,10-13H2,1-2H3/t15-/m0/s1. The molecule has 24 heavy (non-hydrogen) atoms. The van der Waals surface area contributed by atoms with E-state index in [-0.39, 0.29) is 12.0 Å². The molecule has 1 atom stereocenters. The van der Waals surface area contributed by atoms with Crippen molar-refractivity contribution in [3.63, 3.8) is 0 Å². The SMILES string of the molecule is CC1(C)OC[C@H](CN(Cc2nccs2)C(=O)CC2CCCCC2)O1. The van der Waals surface area contributed by atoms with Gasteiger partial charge in [-0.2, -0.15) is 0 Å². The van der Waals surface area contributed by atoms with Gasteiger partial charge < -0.3 is 14.4 Å². The van der Waals surface area contributed by atoms with Gasteiger partial charge in [0.1, 0.15) is 11.1 Å². The van der Waals surface area contributed by atoms with E-state index in [2.05, 4.69) is 4.98 Å². The molecule has 2 aliphatic rings. The lowest BCUT2D eigenvalue weighted by Crippen LogP contribution is -2.39. The van der Waals surface area contributed by atoms with E-state index in [1.54, 1.807) is 17.5 Å².